The van der Waals surface area contributed by atoms with Crippen molar-refractivity contribution < 1.29 is 39.5 Å². The Hall–Kier alpha value is -3.63. The van der Waals surface area contributed by atoms with Gasteiger partial charge in [-0.15, -0.1) is 0 Å². The first-order chi connectivity index (χ1) is 17.0. The predicted octanol–water partition coefficient (Wildman–Crippen LogP) is 1.35. The maximum absolute atomic E-state index is 13.7. The van der Waals surface area contributed by atoms with E-state index in [1.54, 1.807) is 26.2 Å². The summed E-state index contributed by atoms with van der Waals surface area (Å²) in [5.41, 5.74) is 2.01. The average Bonchev–Trinajstić information content (AvgIpc) is 2.80. The van der Waals surface area contributed by atoms with Crippen LogP contribution in [-0.4, -0.2) is 74.6 Å². The summed E-state index contributed by atoms with van der Waals surface area (Å²) < 4.78 is 6.33. The van der Waals surface area contributed by atoms with Crippen molar-refractivity contribution in [3.8, 4) is 5.75 Å². The molecule has 4 aliphatic rings. The molecule has 0 aromatic heterocycles. The second-order valence-corrected chi connectivity index (χ2v) is 10.0. The summed E-state index contributed by atoms with van der Waals surface area (Å²) in [5.74, 6) is -7.24. The highest BCUT2D eigenvalue weighted by atomic mass is 16.5. The summed E-state index contributed by atoms with van der Waals surface area (Å²) in [4.78, 5) is 40.9. The van der Waals surface area contributed by atoms with Gasteiger partial charge in [0.15, 0.2) is 11.4 Å². The average molecular weight is 497 g/mol. The van der Waals surface area contributed by atoms with Crippen LogP contribution in [0.25, 0.3) is 0 Å². The van der Waals surface area contributed by atoms with E-state index in [-0.39, 0.29) is 16.9 Å². The number of carbonyl (C=O) groups excluding carboxylic acids is 3. The molecule has 0 saturated heterocycles. The first-order valence-corrected chi connectivity index (χ1v) is 11.8. The number of amides is 1. The lowest BCUT2D eigenvalue weighted by atomic mass is 9.54. The molecule has 1 aromatic carbocycles. The molecule has 5 rings (SSSR count). The molecule has 10 nitrogen and oxygen atoms in total. The van der Waals surface area contributed by atoms with Crippen molar-refractivity contribution in [1.82, 2.24) is 4.90 Å². The number of carbonyl (C=O) groups is 3. The maximum Gasteiger partial charge on any atom is 0.255 e. The van der Waals surface area contributed by atoms with Gasteiger partial charge in [0.1, 0.15) is 28.9 Å². The number of benzene rings is 1. The van der Waals surface area contributed by atoms with Gasteiger partial charge in [0.25, 0.3) is 5.91 Å². The molecule has 1 amide bonds. The largest absolute Gasteiger partial charge is 0.510 e. The summed E-state index contributed by atoms with van der Waals surface area (Å²) in [6.45, 7) is 1.95. The first-order valence-electron chi connectivity index (χ1n) is 11.8. The van der Waals surface area contributed by atoms with Crippen LogP contribution in [0.3, 0.4) is 0 Å². The van der Waals surface area contributed by atoms with Gasteiger partial charge in [-0.1, -0.05) is 19.1 Å². The Morgan fingerprint density at radius 2 is 1.89 bits per heavy atom. The van der Waals surface area contributed by atoms with Gasteiger partial charge >= 0.3 is 0 Å². The fourth-order valence-electron chi connectivity index (χ4n) is 6.44. The van der Waals surface area contributed by atoms with E-state index < -0.39 is 70.1 Å². The maximum atomic E-state index is 13.7. The van der Waals surface area contributed by atoms with E-state index in [0.717, 1.165) is 6.42 Å². The van der Waals surface area contributed by atoms with E-state index in [1.165, 1.54) is 11.0 Å². The molecule has 0 bridgehead atoms. The summed E-state index contributed by atoms with van der Waals surface area (Å²) in [6, 6.07) is 3.54. The number of allylic oxidation sites excluding steroid dienone is 2. The Bertz CT molecular complexity index is 1310. The summed E-state index contributed by atoms with van der Waals surface area (Å²) in [5, 5.41) is 45.0. The van der Waals surface area contributed by atoms with Crippen LogP contribution in [-0.2, 0) is 14.3 Å². The minimum absolute atomic E-state index is 0.0315. The molecule has 1 aromatic rings. The van der Waals surface area contributed by atoms with E-state index in [2.05, 4.69) is 0 Å². The molecule has 36 heavy (non-hydrogen) atoms. The Morgan fingerprint density at radius 3 is 2.50 bits per heavy atom. The molecule has 1 aliphatic heterocycles. The van der Waals surface area contributed by atoms with Gasteiger partial charge in [0.05, 0.1) is 23.3 Å². The molecule has 0 saturated carbocycles. The Balaban J connectivity index is 1.87. The van der Waals surface area contributed by atoms with Crippen molar-refractivity contribution in [2.75, 3.05) is 14.1 Å². The highest BCUT2D eigenvalue weighted by Crippen LogP contribution is 2.58. The molecule has 6 atom stereocenters. The third-order valence-corrected chi connectivity index (χ3v) is 7.83. The molecule has 0 spiro atoms. The van der Waals surface area contributed by atoms with E-state index in [4.69, 9.17) is 10.5 Å². The molecule has 0 radical (unpaired) electrons. The number of ether oxygens (including phenoxy) is 1. The number of nitrogens with zero attached hydrogens (tertiary/aromatic N) is 1. The molecule has 10 heteroatoms. The van der Waals surface area contributed by atoms with Crippen molar-refractivity contribution >= 4 is 17.5 Å². The number of primary amides is 1. The van der Waals surface area contributed by atoms with Gasteiger partial charge in [0, 0.05) is 23.8 Å². The van der Waals surface area contributed by atoms with Gasteiger partial charge in [-0.25, -0.2) is 0 Å². The zero-order valence-corrected chi connectivity index (χ0v) is 20.1. The number of nitrogens with two attached hydrogens (primary N) is 1. The topological polar surface area (TPSA) is 171 Å². The van der Waals surface area contributed by atoms with Crippen LogP contribution in [0.1, 0.15) is 41.6 Å². The number of fused-ring (bicyclic) bond motifs is 4. The van der Waals surface area contributed by atoms with E-state index >= 15 is 0 Å². The van der Waals surface area contributed by atoms with Crippen molar-refractivity contribution in [3.63, 3.8) is 0 Å². The van der Waals surface area contributed by atoms with Crippen LogP contribution < -0.4 is 5.73 Å². The molecule has 1 heterocycles. The van der Waals surface area contributed by atoms with Crippen LogP contribution in [0.2, 0.25) is 0 Å². The molecule has 0 unspecified atom stereocenters. The summed E-state index contributed by atoms with van der Waals surface area (Å²) in [6.07, 6.45) is 2.04. The fraction of sp³-hybridized carbons (Fsp3) is 0.423. The van der Waals surface area contributed by atoms with Crippen LogP contribution >= 0.6 is 0 Å². The van der Waals surface area contributed by atoms with E-state index in [9.17, 15) is 34.8 Å². The lowest BCUT2D eigenvalue weighted by Crippen LogP contribution is -2.69. The molecule has 0 fully saturated rings. The SMILES string of the molecule is CCCC1=C[C@H]2c3cccc(O)c3C(=O)C3=C(O)[C@]4(O)C(=O)C(C(N)=O)=C(O)[C@H](N(C)C)[C@H]4[C@@H](O1)[C@@H]32. The number of aliphatic hydroxyl groups excluding tert-OH is 2. The van der Waals surface area contributed by atoms with E-state index in [0.29, 0.717) is 17.7 Å². The van der Waals surface area contributed by atoms with Gasteiger partial charge in [-0.2, -0.15) is 0 Å². The molecular formula is C26H28N2O8. The van der Waals surface area contributed by atoms with Crippen molar-refractivity contribution in [2.24, 2.45) is 17.6 Å². The van der Waals surface area contributed by atoms with Crippen LogP contribution in [0.4, 0.5) is 0 Å². The number of hydrogen-bond acceptors (Lipinski definition) is 9. The highest BCUT2D eigenvalue weighted by molar-refractivity contribution is 6.25. The van der Waals surface area contributed by atoms with Gasteiger partial charge in [-0.3, -0.25) is 19.3 Å². The zero-order chi connectivity index (χ0) is 26.3. The van der Waals surface area contributed by atoms with E-state index in [1.807, 2.05) is 13.0 Å². The number of rotatable bonds is 4. The number of ketones is 2. The minimum atomic E-state index is -2.78. The number of hydrogen-bond donors (Lipinski definition) is 5. The smallest absolute Gasteiger partial charge is 0.255 e. The summed E-state index contributed by atoms with van der Waals surface area (Å²) in [7, 11) is 3.16. The standard InChI is InChI=1S/C26H28N2O8/c1-4-6-10-9-12-11-7-5-8-13(29)14(11)20(30)16-15(12)22(36-10)18-19(28(2)3)21(31)17(25(27)34)24(33)26(18,35)23(16)32/h5,7-9,12,15,18-19,22,29,31-32,35H,4,6H2,1-3H3,(H2,27,34)/t12-,15+,18-,19+,22-,26-/m0/s1. The zero-order valence-electron chi connectivity index (χ0n) is 20.1. The molecular weight excluding hydrogens is 468 g/mol. The third kappa shape index (κ3) is 2.88. The number of aromatic hydroxyl groups is 1. The number of Topliss-reactive ketones (excluding diaryl/α,β-unsaturated/α-hetero) is 2. The molecule has 3 aliphatic carbocycles. The van der Waals surface area contributed by atoms with Gasteiger partial charge in [0.2, 0.25) is 5.78 Å². The number of phenols is 1. The second kappa shape index (κ2) is 7.94. The van der Waals surface area contributed by atoms with Crippen LogP contribution in [0.5, 0.6) is 5.75 Å². The molecule has 6 N–H and O–H groups in total. The fourth-order valence-corrected chi connectivity index (χ4v) is 6.44. The lowest BCUT2D eigenvalue weighted by molar-refractivity contribution is -0.166. The Kier molecular flexibility index (Phi) is 5.31. The first kappa shape index (κ1) is 24.1. The number of phenolic OH excluding ortho intramolecular Hbond substituents is 1. The predicted molar refractivity (Wildman–Crippen MR) is 126 cm³/mol. The van der Waals surface area contributed by atoms with Crippen molar-refractivity contribution in [1.29, 1.82) is 0 Å². The molecule has 190 valence electrons. The van der Waals surface area contributed by atoms with Crippen molar-refractivity contribution in [2.45, 2.75) is 43.4 Å². The second-order valence-electron chi connectivity index (χ2n) is 10.0. The minimum Gasteiger partial charge on any atom is -0.510 e. The Morgan fingerprint density at radius 1 is 1.19 bits per heavy atom. The lowest BCUT2D eigenvalue weighted by Gasteiger charge is -2.56. The summed E-state index contributed by atoms with van der Waals surface area (Å²) >= 11 is 0. The normalized spacial score (nSPS) is 33.0. The highest BCUT2D eigenvalue weighted by Gasteiger charge is 2.69. The van der Waals surface area contributed by atoms with Crippen LogP contribution in [0, 0.1) is 11.8 Å². The number of likely N-dealkylation sites (N-methyl/N-ethyl adjacent to an activating group) is 1. The Labute approximate surface area is 207 Å². The number of aliphatic hydroxyl groups is 3. The van der Waals surface area contributed by atoms with Gasteiger partial charge in [-0.05, 0) is 38.2 Å². The quantitative estimate of drug-likeness (QED) is 0.386. The van der Waals surface area contributed by atoms with Gasteiger partial charge < -0.3 is 30.9 Å². The van der Waals surface area contributed by atoms with Crippen molar-refractivity contribution in [3.05, 3.63) is 63.8 Å². The third-order valence-electron chi connectivity index (χ3n) is 7.83. The monoisotopic (exact) mass is 496 g/mol. The van der Waals surface area contributed by atoms with Crippen LogP contribution in [0.15, 0.2) is 52.7 Å².